The average molecular weight is 485 g/mol. The van der Waals surface area contributed by atoms with Gasteiger partial charge in [-0.05, 0) is 58.7 Å². The quantitative estimate of drug-likeness (QED) is 0.317. The fourth-order valence-corrected chi connectivity index (χ4v) is 5.20. The number of hydrogen-bond acceptors (Lipinski definition) is 4. The second kappa shape index (κ2) is 10.4. The highest BCUT2D eigenvalue weighted by Crippen LogP contribution is 2.36. The molecule has 0 aliphatic carbocycles. The number of halogens is 1. The highest BCUT2D eigenvalue weighted by molar-refractivity contribution is 6.33. The topological polar surface area (TPSA) is 46.9 Å². The maximum absolute atomic E-state index is 9.86. The van der Waals surface area contributed by atoms with Crippen LogP contribution in [0.5, 0.6) is 11.5 Å². The van der Waals surface area contributed by atoms with Crippen molar-refractivity contribution in [2.24, 2.45) is 0 Å². The minimum Gasteiger partial charge on any atom is -0.508 e. The van der Waals surface area contributed by atoms with Crippen LogP contribution in [0.3, 0.4) is 0 Å². The molecule has 1 aliphatic rings. The first-order valence-corrected chi connectivity index (χ1v) is 12.3. The SMILES string of the molecule is Oc1ccc(C(c2ccc(O)cc2)c2ccccc2CN2CCN(c3ccccc3Cl)CC2)cc1. The van der Waals surface area contributed by atoms with Gasteiger partial charge in [-0.1, -0.05) is 72.3 Å². The van der Waals surface area contributed by atoms with E-state index >= 15 is 0 Å². The fraction of sp³-hybridized carbons (Fsp3) is 0.200. The van der Waals surface area contributed by atoms with Crippen LogP contribution in [0.4, 0.5) is 5.69 Å². The van der Waals surface area contributed by atoms with Crippen LogP contribution in [0.25, 0.3) is 0 Å². The highest BCUT2D eigenvalue weighted by atomic mass is 35.5. The van der Waals surface area contributed by atoms with Crippen LogP contribution in [0, 0.1) is 0 Å². The van der Waals surface area contributed by atoms with E-state index in [-0.39, 0.29) is 17.4 Å². The molecule has 0 aromatic heterocycles. The lowest BCUT2D eigenvalue weighted by molar-refractivity contribution is 0.249. The predicted octanol–water partition coefficient (Wildman–Crippen LogP) is 6.25. The molecule has 0 radical (unpaired) electrons. The van der Waals surface area contributed by atoms with E-state index in [0.717, 1.165) is 54.6 Å². The van der Waals surface area contributed by atoms with Crippen molar-refractivity contribution in [1.82, 2.24) is 4.90 Å². The molecule has 5 heteroatoms. The van der Waals surface area contributed by atoms with Crippen LogP contribution < -0.4 is 4.90 Å². The summed E-state index contributed by atoms with van der Waals surface area (Å²) >= 11 is 6.43. The van der Waals surface area contributed by atoms with Crippen molar-refractivity contribution in [3.63, 3.8) is 0 Å². The maximum Gasteiger partial charge on any atom is 0.115 e. The second-order valence-corrected chi connectivity index (χ2v) is 9.44. The van der Waals surface area contributed by atoms with Crippen LogP contribution in [-0.4, -0.2) is 41.3 Å². The van der Waals surface area contributed by atoms with Crippen molar-refractivity contribution >= 4 is 17.3 Å². The van der Waals surface area contributed by atoms with Crippen LogP contribution in [-0.2, 0) is 6.54 Å². The van der Waals surface area contributed by atoms with E-state index in [9.17, 15) is 10.2 Å². The number of phenols is 2. The predicted molar refractivity (Wildman–Crippen MR) is 143 cm³/mol. The smallest absolute Gasteiger partial charge is 0.115 e. The minimum absolute atomic E-state index is 0.00295. The Kier molecular flexibility index (Phi) is 6.94. The van der Waals surface area contributed by atoms with Crippen molar-refractivity contribution in [3.05, 3.63) is 124 Å². The van der Waals surface area contributed by atoms with Gasteiger partial charge < -0.3 is 15.1 Å². The molecule has 178 valence electrons. The van der Waals surface area contributed by atoms with Crippen molar-refractivity contribution < 1.29 is 10.2 Å². The average Bonchev–Trinajstić information content (AvgIpc) is 2.88. The number of para-hydroxylation sites is 1. The van der Waals surface area contributed by atoms with Gasteiger partial charge >= 0.3 is 0 Å². The molecule has 35 heavy (non-hydrogen) atoms. The van der Waals surface area contributed by atoms with Crippen molar-refractivity contribution in [2.75, 3.05) is 31.1 Å². The van der Waals surface area contributed by atoms with E-state index in [1.165, 1.54) is 11.1 Å². The number of phenolic OH excluding ortho intramolecular Hbond substituents is 2. The summed E-state index contributed by atoms with van der Waals surface area (Å²) in [5.41, 5.74) is 5.82. The van der Waals surface area contributed by atoms with Gasteiger partial charge in [-0.15, -0.1) is 0 Å². The number of benzene rings is 4. The standard InChI is InChI=1S/C30H29ClN2O2/c31-28-7-3-4-8-29(28)33-19-17-32(18-20-33)21-24-5-1-2-6-27(24)30(22-9-13-25(34)14-10-22)23-11-15-26(35)16-12-23/h1-16,30,34-35H,17-21H2. The summed E-state index contributed by atoms with van der Waals surface area (Å²) in [6.45, 7) is 4.65. The molecule has 0 spiro atoms. The zero-order valence-electron chi connectivity index (χ0n) is 19.5. The van der Waals surface area contributed by atoms with E-state index in [0.29, 0.717) is 0 Å². The molecule has 0 unspecified atom stereocenters. The fourth-order valence-electron chi connectivity index (χ4n) is 4.94. The molecule has 0 bridgehead atoms. The first-order chi connectivity index (χ1) is 17.1. The van der Waals surface area contributed by atoms with E-state index in [1.54, 1.807) is 24.3 Å². The van der Waals surface area contributed by atoms with Gasteiger partial charge in [0.1, 0.15) is 11.5 Å². The largest absolute Gasteiger partial charge is 0.508 e. The number of hydrogen-bond donors (Lipinski definition) is 2. The Morgan fingerprint density at radius 2 is 1.20 bits per heavy atom. The molecule has 1 fully saturated rings. The molecule has 1 saturated heterocycles. The Balaban J connectivity index is 1.40. The Labute approximate surface area is 211 Å². The third-order valence-electron chi connectivity index (χ3n) is 6.78. The van der Waals surface area contributed by atoms with Crippen LogP contribution in [0.15, 0.2) is 97.1 Å². The van der Waals surface area contributed by atoms with Gasteiger partial charge in [0.2, 0.25) is 0 Å². The van der Waals surface area contributed by atoms with E-state index in [4.69, 9.17) is 11.6 Å². The van der Waals surface area contributed by atoms with Crippen molar-refractivity contribution in [3.8, 4) is 11.5 Å². The molecule has 4 aromatic carbocycles. The third-order valence-corrected chi connectivity index (χ3v) is 7.10. The van der Waals surface area contributed by atoms with Crippen LogP contribution in [0.2, 0.25) is 5.02 Å². The normalized spacial score (nSPS) is 14.4. The van der Waals surface area contributed by atoms with E-state index < -0.39 is 0 Å². The molecular formula is C30H29ClN2O2. The van der Waals surface area contributed by atoms with Gasteiger partial charge in [-0.2, -0.15) is 0 Å². The van der Waals surface area contributed by atoms with Gasteiger partial charge in [0, 0.05) is 38.6 Å². The summed E-state index contributed by atoms with van der Waals surface area (Å²) < 4.78 is 0. The van der Waals surface area contributed by atoms with E-state index in [2.05, 4.69) is 40.1 Å². The third kappa shape index (κ3) is 5.29. The van der Waals surface area contributed by atoms with Gasteiger partial charge in [-0.3, -0.25) is 4.90 Å². The number of rotatable bonds is 6. The Morgan fingerprint density at radius 1 is 0.657 bits per heavy atom. The molecule has 2 N–H and O–H groups in total. The van der Waals surface area contributed by atoms with Gasteiger partial charge in [0.15, 0.2) is 0 Å². The molecule has 0 atom stereocenters. The molecule has 4 nitrogen and oxygen atoms in total. The summed E-state index contributed by atoms with van der Waals surface area (Å²) in [6, 6.07) is 31.5. The number of anilines is 1. The zero-order valence-corrected chi connectivity index (χ0v) is 20.3. The molecule has 1 aliphatic heterocycles. The Hall–Kier alpha value is -3.47. The molecule has 5 rings (SSSR count). The molecule has 1 heterocycles. The maximum atomic E-state index is 9.86. The number of aromatic hydroxyl groups is 2. The molecule has 0 amide bonds. The second-order valence-electron chi connectivity index (χ2n) is 9.03. The number of piperazine rings is 1. The lowest BCUT2D eigenvalue weighted by atomic mass is 9.82. The molecular weight excluding hydrogens is 456 g/mol. The summed E-state index contributed by atoms with van der Waals surface area (Å²) in [5.74, 6) is 0.502. The first kappa shape index (κ1) is 23.3. The van der Waals surface area contributed by atoms with E-state index in [1.807, 2.05) is 42.5 Å². The zero-order chi connectivity index (χ0) is 24.2. The Bertz CT molecular complexity index is 1220. The highest BCUT2D eigenvalue weighted by Gasteiger charge is 2.23. The summed E-state index contributed by atoms with van der Waals surface area (Å²) in [4.78, 5) is 4.86. The van der Waals surface area contributed by atoms with Crippen LogP contribution in [0.1, 0.15) is 28.2 Å². The molecule has 4 aromatic rings. The van der Waals surface area contributed by atoms with Crippen molar-refractivity contribution in [1.29, 1.82) is 0 Å². The monoisotopic (exact) mass is 484 g/mol. The summed E-state index contributed by atoms with van der Waals surface area (Å²) in [5, 5.41) is 20.5. The molecule has 0 saturated carbocycles. The van der Waals surface area contributed by atoms with Gasteiger partial charge in [0.05, 0.1) is 10.7 Å². The lowest BCUT2D eigenvalue weighted by Crippen LogP contribution is -2.46. The van der Waals surface area contributed by atoms with Gasteiger partial charge in [-0.25, -0.2) is 0 Å². The number of nitrogens with zero attached hydrogens (tertiary/aromatic N) is 2. The summed E-state index contributed by atoms with van der Waals surface area (Å²) in [6.07, 6.45) is 0. The minimum atomic E-state index is -0.00295. The summed E-state index contributed by atoms with van der Waals surface area (Å²) in [7, 11) is 0. The van der Waals surface area contributed by atoms with Crippen LogP contribution >= 0.6 is 11.6 Å². The Morgan fingerprint density at radius 3 is 1.80 bits per heavy atom. The van der Waals surface area contributed by atoms with Gasteiger partial charge in [0.25, 0.3) is 0 Å². The lowest BCUT2D eigenvalue weighted by Gasteiger charge is -2.37. The van der Waals surface area contributed by atoms with Crippen molar-refractivity contribution in [2.45, 2.75) is 12.5 Å². The first-order valence-electron chi connectivity index (χ1n) is 12.0.